The lowest BCUT2D eigenvalue weighted by atomic mass is 10.0. The van der Waals surface area contributed by atoms with Gasteiger partial charge in [-0.3, -0.25) is 0 Å². The van der Waals surface area contributed by atoms with Crippen LogP contribution in [0.2, 0.25) is 0 Å². The summed E-state index contributed by atoms with van der Waals surface area (Å²) in [5.41, 5.74) is 1.18. The molecule has 4 heteroatoms. The molecule has 0 aromatic carbocycles. The van der Waals surface area contributed by atoms with Crippen molar-refractivity contribution in [3.8, 4) is 0 Å². The quantitative estimate of drug-likeness (QED) is 0.748. The summed E-state index contributed by atoms with van der Waals surface area (Å²) in [5, 5.41) is 3.36. The van der Waals surface area contributed by atoms with E-state index < -0.39 is 0 Å². The van der Waals surface area contributed by atoms with Gasteiger partial charge in [-0.2, -0.15) is 0 Å². The van der Waals surface area contributed by atoms with Crippen molar-refractivity contribution in [2.75, 3.05) is 26.7 Å². The summed E-state index contributed by atoms with van der Waals surface area (Å²) >= 11 is 0. The topological polar surface area (TPSA) is 37.6 Å². The number of likely N-dealkylation sites (tertiary alicyclic amines) is 1. The molecule has 0 bridgehead atoms. The second-order valence-corrected chi connectivity index (χ2v) is 6.12. The summed E-state index contributed by atoms with van der Waals surface area (Å²) in [5.74, 6) is 2.00. The summed E-state index contributed by atoms with van der Waals surface area (Å²) < 4.78 is 11.7. The molecule has 120 valence electrons. The second kappa shape index (κ2) is 8.57. The van der Waals surface area contributed by atoms with E-state index in [2.05, 4.69) is 30.3 Å². The Morgan fingerprint density at radius 1 is 1.43 bits per heavy atom. The number of ether oxygens (including phenoxy) is 1. The van der Waals surface area contributed by atoms with Crippen LogP contribution in [-0.2, 0) is 17.9 Å². The number of hydrogen-bond donors (Lipinski definition) is 1. The fourth-order valence-electron chi connectivity index (χ4n) is 2.87. The molecule has 1 aliphatic heterocycles. The van der Waals surface area contributed by atoms with E-state index in [1.54, 1.807) is 0 Å². The van der Waals surface area contributed by atoms with Crippen molar-refractivity contribution >= 4 is 0 Å². The van der Waals surface area contributed by atoms with Gasteiger partial charge in [-0.1, -0.05) is 13.3 Å². The lowest BCUT2D eigenvalue weighted by Gasteiger charge is -2.32. The number of furan rings is 1. The molecule has 1 aromatic heterocycles. The first kappa shape index (κ1) is 16.5. The average molecular weight is 294 g/mol. The van der Waals surface area contributed by atoms with Crippen LogP contribution < -0.4 is 5.32 Å². The van der Waals surface area contributed by atoms with Crippen LogP contribution in [0.5, 0.6) is 0 Å². The van der Waals surface area contributed by atoms with E-state index in [0.717, 1.165) is 37.6 Å². The SMILES string of the molecule is CCCNCc1cc(COCC2CCCCN2C)c(C)o1. The molecule has 1 saturated heterocycles. The van der Waals surface area contributed by atoms with Gasteiger partial charge in [0.05, 0.1) is 19.8 Å². The first-order chi connectivity index (χ1) is 10.2. The zero-order chi connectivity index (χ0) is 15.1. The van der Waals surface area contributed by atoms with Crippen molar-refractivity contribution in [2.45, 2.75) is 58.7 Å². The number of nitrogens with one attached hydrogen (secondary N) is 1. The lowest BCUT2D eigenvalue weighted by molar-refractivity contribution is 0.0440. The lowest BCUT2D eigenvalue weighted by Crippen LogP contribution is -2.39. The molecule has 1 N–H and O–H groups in total. The Labute approximate surface area is 128 Å². The van der Waals surface area contributed by atoms with Crippen LogP contribution in [0.1, 0.15) is 49.7 Å². The molecule has 21 heavy (non-hydrogen) atoms. The van der Waals surface area contributed by atoms with Crippen molar-refractivity contribution in [1.29, 1.82) is 0 Å². The van der Waals surface area contributed by atoms with Crippen LogP contribution in [0, 0.1) is 6.92 Å². The van der Waals surface area contributed by atoms with E-state index in [-0.39, 0.29) is 0 Å². The van der Waals surface area contributed by atoms with Gasteiger partial charge in [0.15, 0.2) is 0 Å². The molecular formula is C17H30N2O2. The van der Waals surface area contributed by atoms with Crippen molar-refractivity contribution in [3.63, 3.8) is 0 Å². The second-order valence-electron chi connectivity index (χ2n) is 6.12. The fourth-order valence-corrected chi connectivity index (χ4v) is 2.87. The summed E-state index contributed by atoms with van der Waals surface area (Å²) in [7, 11) is 2.20. The Balaban J connectivity index is 1.74. The molecule has 4 nitrogen and oxygen atoms in total. The number of piperidine rings is 1. The largest absolute Gasteiger partial charge is 0.465 e. The van der Waals surface area contributed by atoms with E-state index >= 15 is 0 Å². The summed E-state index contributed by atoms with van der Waals surface area (Å²) in [6.07, 6.45) is 5.05. The van der Waals surface area contributed by atoms with Crippen LogP contribution in [0.15, 0.2) is 10.5 Å². The smallest absolute Gasteiger partial charge is 0.118 e. The highest BCUT2D eigenvalue weighted by Crippen LogP contribution is 2.18. The molecule has 2 heterocycles. The van der Waals surface area contributed by atoms with Crippen molar-refractivity contribution < 1.29 is 9.15 Å². The molecule has 0 amide bonds. The summed E-state index contributed by atoms with van der Waals surface area (Å²) in [6.45, 7) is 8.71. The third-order valence-electron chi connectivity index (χ3n) is 4.29. The Kier molecular flexibility index (Phi) is 6.74. The average Bonchev–Trinajstić information content (AvgIpc) is 2.82. The van der Waals surface area contributed by atoms with Crippen molar-refractivity contribution in [3.05, 3.63) is 23.2 Å². The van der Waals surface area contributed by atoms with Gasteiger partial charge in [-0.25, -0.2) is 0 Å². The Bertz CT molecular complexity index is 417. The molecule has 0 radical (unpaired) electrons. The normalized spacial score (nSPS) is 20.0. The number of likely N-dealkylation sites (N-methyl/N-ethyl adjacent to an activating group) is 1. The predicted molar refractivity (Wildman–Crippen MR) is 85.4 cm³/mol. The maximum Gasteiger partial charge on any atom is 0.118 e. The van der Waals surface area contributed by atoms with Crippen LogP contribution in [-0.4, -0.2) is 37.7 Å². The molecule has 1 aliphatic rings. The molecule has 2 rings (SSSR count). The molecule has 1 atom stereocenters. The zero-order valence-electron chi connectivity index (χ0n) is 13.8. The molecule has 1 fully saturated rings. The van der Waals surface area contributed by atoms with Gasteiger partial charge in [0.25, 0.3) is 0 Å². The third-order valence-corrected chi connectivity index (χ3v) is 4.29. The zero-order valence-corrected chi connectivity index (χ0v) is 13.8. The van der Waals surface area contributed by atoms with E-state index in [4.69, 9.17) is 9.15 Å². The van der Waals surface area contributed by atoms with Gasteiger partial charge in [0, 0.05) is 11.6 Å². The minimum absolute atomic E-state index is 0.580. The van der Waals surface area contributed by atoms with E-state index in [0.29, 0.717) is 12.6 Å². The van der Waals surface area contributed by atoms with Gasteiger partial charge < -0.3 is 19.4 Å². The van der Waals surface area contributed by atoms with Crippen LogP contribution in [0.25, 0.3) is 0 Å². The minimum atomic E-state index is 0.580. The summed E-state index contributed by atoms with van der Waals surface area (Å²) in [6, 6.07) is 2.71. The van der Waals surface area contributed by atoms with E-state index in [1.807, 2.05) is 6.92 Å². The van der Waals surface area contributed by atoms with Gasteiger partial charge in [-0.05, 0) is 52.4 Å². The highest BCUT2D eigenvalue weighted by Gasteiger charge is 2.19. The fraction of sp³-hybridized carbons (Fsp3) is 0.765. The molecule has 0 aliphatic carbocycles. The van der Waals surface area contributed by atoms with Crippen molar-refractivity contribution in [2.24, 2.45) is 0 Å². The predicted octanol–water partition coefficient (Wildman–Crippen LogP) is 3.09. The van der Waals surface area contributed by atoms with E-state index in [1.165, 1.54) is 31.4 Å². The maximum atomic E-state index is 5.93. The van der Waals surface area contributed by atoms with Crippen molar-refractivity contribution in [1.82, 2.24) is 10.2 Å². The standard InChI is InChI=1S/C17H30N2O2/c1-4-8-18-11-17-10-15(14(2)21-17)12-20-13-16-7-5-6-9-19(16)3/h10,16,18H,4-9,11-13H2,1-3H3. The van der Waals surface area contributed by atoms with E-state index in [9.17, 15) is 0 Å². The first-order valence-electron chi connectivity index (χ1n) is 8.27. The number of hydrogen-bond acceptors (Lipinski definition) is 4. The third kappa shape index (κ3) is 5.13. The number of aryl methyl sites for hydroxylation is 1. The number of nitrogens with zero attached hydrogens (tertiary/aromatic N) is 1. The maximum absolute atomic E-state index is 5.93. The number of rotatable bonds is 8. The van der Waals surface area contributed by atoms with Gasteiger partial charge in [0.2, 0.25) is 0 Å². The van der Waals surface area contributed by atoms with Crippen LogP contribution in [0.3, 0.4) is 0 Å². The molecular weight excluding hydrogens is 264 g/mol. The summed E-state index contributed by atoms with van der Waals surface area (Å²) in [4.78, 5) is 2.42. The highest BCUT2D eigenvalue weighted by molar-refractivity contribution is 5.19. The van der Waals surface area contributed by atoms with Crippen LogP contribution >= 0.6 is 0 Å². The minimum Gasteiger partial charge on any atom is -0.465 e. The Morgan fingerprint density at radius 3 is 3.05 bits per heavy atom. The molecule has 1 unspecified atom stereocenters. The monoisotopic (exact) mass is 294 g/mol. The molecule has 0 spiro atoms. The molecule has 1 aromatic rings. The molecule has 0 saturated carbocycles. The van der Waals surface area contributed by atoms with Gasteiger partial charge >= 0.3 is 0 Å². The first-order valence-corrected chi connectivity index (χ1v) is 8.27. The van der Waals surface area contributed by atoms with Crippen LogP contribution in [0.4, 0.5) is 0 Å². The highest BCUT2D eigenvalue weighted by atomic mass is 16.5. The van der Waals surface area contributed by atoms with Gasteiger partial charge in [0.1, 0.15) is 11.5 Å². The Hall–Kier alpha value is -0.840. The van der Waals surface area contributed by atoms with Gasteiger partial charge in [-0.15, -0.1) is 0 Å². The Morgan fingerprint density at radius 2 is 2.29 bits per heavy atom.